The van der Waals surface area contributed by atoms with E-state index in [1.54, 1.807) is 30.8 Å². The molecule has 3 aromatic rings. The van der Waals surface area contributed by atoms with Crippen LogP contribution in [0.15, 0.2) is 53.4 Å². The minimum Gasteiger partial charge on any atom is -0.345 e. The predicted octanol–water partition coefficient (Wildman–Crippen LogP) is 5.55. The van der Waals surface area contributed by atoms with E-state index in [-0.39, 0.29) is 17.8 Å². The number of aromatic nitrogens is 1. The Labute approximate surface area is 166 Å². The van der Waals surface area contributed by atoms with Gasteiger partial charge in [0.25, 0.3) is 5.91 Å². The number of carbonyl (C=O) groups is 1. The van der Waals surface area contributed by atoms with E-state index in [1.165, 1.54) is 28.4 Å². The van der Waals surface area contributed by atoms with Crippen molar-refractivity contribution in [3.63, 3.8) is 0 Å². The second kappa shape index (κ2) is 8.54. The summed E-state index contributed by atoms with van der Waals surface area (Å²) in [7, 11) is 0. The maximum absolute atomic E-state index is 13.0. The fourth-order valence-electron chi connectivity index (χ4n) is 2.56. The van der Waals surface area contributed by atoms with Crippen LogP contribution in [0, 0.1) is 12.7 Å². The van der Waals surface area contributed by atoms with Crippen molar-refractivity contribution in [3.05, 3.63) is 70.5 Å². The number of hydrogen-bond donors (Lipinski definition) is 2. The third-order valence-electron chi connectivity index (χ3n) is 4.06. The third kappa shape index (κ3) is 4.87. The molecule has 3 rings (SSSR count). The van der Waals surface area contributed by atoms with Crippen molar-refractivity contribution in [1.29, 1.82) is 0 Å². The summed E-state index contributed by atoms with van der Waals surface area (Å²) in [5.41, 5.74) is 2.43. The maximum atomic E-state index is 13.0. The van der Waals surface area contributed by atoms with Gasteiger partial charge in [0, 0.05) is 10.6 Å². The van der Waals surface area contributed by atoms with E-state index < -0.39 is 0 Å². The fourth-order valence-corrected chi connectivity index (χ4v) is 3.85. The number of anilines is 2. The van der Waals surface area contributed by atoms with Crippen molar-refractivity contribution in [2.45, 2.75) is 24.8 Å². The number of nitrogens with one attached hydrogen (secondary N) is 2. The molecule has 27 heavy (non-hydrogen) atoms. The average Bonchev–Trinajstić information content (AvgIpc) is 3.04. The monoisotopic (exact) mass is 401 g/mol. The summed E-state index contributed by atoms with van der Waals surface area (Å²) in [4.78, 5) is 18.8. The molecule has 0 bridgehead atoms. The van der Waals surface area contributed by atoms with E-state index in [9.17, 15) is 9.18 Å². The topological polar surface area (TPSA) is 54.0 Å². The van der Waals surface area contributed by atoms with E-state index in [4.69, 9.17) is 0 Å². The summed E-state index contributed by atoms with van der Waals surface area (Å²) in [6, 6.07) is 14.1. The molecule has 0 fully saturated rings. The highest BCUT2D eigenvalue weighted by Crippen LogP contribution is 2.27. The SMILES string of the molecule is CSc1ccc(C(C)NC(=O)c2sc(Nc3ccc(F)cc3)nc2C)cc1. The predicted molar refractivity (Wildman–Crippen MR) is 111 cm³/mol. The van der Waals surface area contributed by atoms with Crippen LogP contribution in [-0.4, -0.2) is 17.1 Å². The van der Waals surface area contributed by atoms with E-state index in [0.29, 0.717) is 15.7 Å². The highest BCUT2D eigenvalue weighted by molar-refractivity contribution is 7.98. The first-order valence-corrected chi connectivity index (χ1v) is 10.4. The second-order valence-corrected chi connectivity index (χ2v) is 7.91. The highest BCUT2D eigenvalue weighted by Gasteiger charge is 2.18. The second-order valence-electron chi connectivity index (χ2n) is 6.03. The zero-order valence-corrected chi connectivity index (χ0v) is 16.9. The molecule has 0 aliphatic heterocycles. The lowest BCUT2D eigenvalue weighted by atomic mass is 10.1. The lowest BCUT2D eigenvalue weighted by Crippen LogP contribution is -2.26. The van der Waals surface area contributed by atoms with Gasteiger partial charge in [-0.15, -0.1) is 11.8 Å². The van der Waals surface area contributed by atoms with Crippen molar-refractivity contribution in [2.75, 3.05) is 11.6 Å². The molecule has 0 saturated heterocycles. The van der Waals surface area contributed by atoms with Gasteiger partial charge in [-0.05, 0) is 62.1 Å². The molecule has 0 aliphatic carbocycles. The number of thiazole rings is 1. The van der Waals surface area contributed by atoms with Crippen LogP contribution >= 0.6 is 23.1 Å². The van der Waals surface area contributed by atoms with Crippen molar-refractivity contribution < 1.29 is 9.18 Å². The van der Waals surface area contributed by atoms with Crippen molar-refractivity contribution >= 4 is 39.8 Å². The smallest absolute Gasteiger partial charge is 0.263 e. The molecule has 1 heterocycles. The molecule has 1 aromatic heterocycles. The van der Waals surface area contributed by atoms with E-state index in [2.05, 4.69) is 15.6 Å². The van der Waals surface area contributed by atoms with Crippen LogP contribution in [0.3, 0.4) is 0 Å². The van der Waals surface area contributed by atoms with Gasteiger partial charge in [-0.1, -0.05) is 23.5 Å². The number of carbonyl (C=O) groups excluding carboxylic acids is 1. The first kappa shape index (κ1) is 19.4. The molecular weight excluding hydrogens is 381 g/mol. The third-order valence-corrected chi connectivity index (χ3v) is 5.88. The molecule has 7 heteroatoms. The number of hydrogen-bond acceptors (Lipinski definition) is 5. The standard InChI is InChI=1S/C20H20FN3OS2/c1-12(14-4-10-17(26-3)11-5-14)22-19(25)18-13(2)23-20(27-18)24-16-8-6-15(21)7-9-16/h4-12H,1-3H3,(H,22,25)(H,23,24). The first-order chi connectivity index (χ1) is 13.0. The first-order valence-electron chi connectivity index (χ1n) is 8.41. The van der Waals surface area contributed by atoms with Crippen LogP contribution in [0.5, 0.6) is 0 Å². The van der Waals surface area contributed by atoms with Crippen LogP contribution in [-0.2, 0) is 0 Å². The highest BCUT2D eigenvalue weighted by atomic mass is 32.2. The minimum absolute atomic E-state index is 0.108. The zero-order chi connectivity index (χ0) is 19.4. The molecule has 1 unspecified atom stereocenters. The number of rotatable bonds is 6. The number of nitrogens with zero attached hydrogens (tertiary/aromatic N) is 1. The Balaban J connectivity index is 1.68. The van der Waals surface area contributed by atoms with E-state index in [0.717, 1.165) is 11.3 Å². The van der Waals surface area contributed by atoms with Crippen LogP contribution < -0.4 is 10.6 Å². The lowest BCUT2D eigenvalue weighted by molar-refractivity contribution is 0.0943. The van der Waals surface area contributed by atoms with Crippen LogP contribution in [0.1, 0.15) is 33.9 Å². The quantitative estimate of drug-likeness (QED) is 0.532. The van der Waals surface area contributed by atoms with Gasteiger partial charge in [-0.25, -0.2) is 9.37 Å². The summed E-state index contributed by atoms with van der Waals surface area (Å²) < 4.78 is 13.0. The summed E-state index contributed by atoms with van der Waals surface area (Å²) in [6.07, 6.45) is 2.03. The maximum Gasteiger partial charge on any atom is 0.263 e. The van der Waals surface area contributed by atoms with Crippen LogP contribution in [0.25, 0.3) is 0 Å². The Hall–Kier alpha value is -2.38. The van der Waals surface area contributed by atoms with Gasteiger partial charge in [0.1, 0.15) is 10.7 Å². The molecule has 2 N–H and O–H groups in total. The molecule has 0 radical (unpaired) electrons. The largest absolute Gasteiger partial charge is 0.345 e. The number of benzene rings is 2. The Morgan fingerprint density at radius 1 is 1.15 bits per heavy atom. The summed E-state index contributed by atoms with van der Waals surface area (Å²) >= 11 is 2.96. The molecule has 0 aliphatic rings. The average molecular weight is 402 g/mol. The van der Waals surface area contributed by atoms with Gasteiger partial charge in [-0.2, -0.15) is 0 Å². The number of halogens is 1. The summed E-state index contributed by atoms with van der Waals surface area (Å²) in [5.74, 6) is -0.450. The molecule has 4 nitrogen and oxygen atoms in total. The molecule has 1 amide bonds. The van der Waals surface area contributed by atoms with E-state index >= 15 is 0 Å². The van der Waals surface area contributed by atoms with Gasteiger partial charge in [0.05, 0.1) is 11.7 Å². The van der Waals surface area contributed by atoms with Crippen LogP contribution in [0.2, 0.25) is 0 Å². The van der Waals surface area contributed by atoms with Gasteiger partial charge in [0.15, 0.2) is 5.13 Å². The van der Waals surface area contributed by atoms with Crippen molar-refractivity contribution in [1.82, 2.24) is 10.3 Å². The number of aryl methyl sites for hydroxylation is 1. The van der Waals surface area contributed by atoms with Gasteiger partial charge in [-0.3, -0.25) is 4.79 Å². The lowest BCUT2D eigenvalue weighted by Gasteiger charge is -2.14. The molecular formula is C20H20FN3OS2. The minimum atomic E-state index is -0.296. The van der Waals surface area contributed by atoms with Gasteiger partial charge >= 0.3 is 0 Å². The normalized spacial score (nSPS) is 11.9. The zero-order valence-electron chi connectivity index (χ0n) is 15.2. The molecule has 0 saturated carbocycles. The Kier molecular flexibility index (Phi) is 6.13. The van der Waals surface area contributed by atoms with E-state index in [1.807, 2.05) is 37.4 Å². The molecule has 140 valence electrons. The molecule has 2 aromatic carbocycles. The summed E-state index contributed by atoms with van der Waals surface area (Å²) in [5, 5.41) is 6.72. The molecule has 0 spiro atoms. The van der Waals surface area contributed by atoms with Gasteiger partial charge < -0.3 is 10.6 Å². The number of thioether (sulfide) groups is 1. The number of amides is 1. The Bertz CT molecular complexity index is 923. The van der Waals surface area contributed by atoms with Crippen LogP contribution in [0.4, 0.5) is 15.2 Å². The Morgan fingerprint density at radius 3 is 2.44 bits per heavy atom. The van der Waals surface area contributed by atoms with Gasteiger partial charge in [0.2, 0.25) is 0 Å². The Morgan fingerprint density at radius 2 is 1.81 bits per heavy atom. The van der Waals surface area contributed by atoms with Crippen molar-refractivity contribution in [2.24, 2.45) is 0 Å². The fraction of sp³-hybridized carbons (Fsp3) is 0.200. The summed E-state index contributed by atoms with van der Waals surface area (Å²) in [6.45, 7) is 3.76. The molecule has 1 atom stereocenters. The van der Waals surface area contributed by atoms with Crippen molar-refractivity contribution in [3.8, 4) is 0 Å².